The Kier molecular flexibility index (Phi) is 4.35. The topological polar surface area (TPSA) is 77.7 Å². The van der Waals surface area contributed by atoms with E-state index in [1.165, 1.54) is 23.3 Å². The third-order valence-corrected chi connectivity index (χ3v) is 4.15. The summed E-state index contributed by atoms with van der Waals surface area (Å²) in [4.78, 5) is 17.4. The van der Waals surface area contributed by atoms with Gasteiger partial charge in [-0.25, -0.2) is 0 Å². The molecule has 0 N–H and O–H groups in total. The standard InChI is InChI=1S/C13H12F3N3O4S/c1-19(3-2-8-17-12(23-18-8)13(14,15)16)11(20)10-9-7(6-24-10)21-4-5-22-9/h6H,2-5H2,1H3. The third-order valence-electron chi connectivity index (χ3n) is 3.22. The second-order valence-electron chi connectivity index (χ2n) is 4.95. The van der Waals surface area contributed by atoms with Gasteiger partial charge in [-0.2, -0.15) is 18.2 Å². The first-order valence-electron chi connectivity index (χ1n) is 6.88. The van der Waals surface area contributed by atoms with Gasteiger partial charge in [0.1, 0.15) is 18.1 Å². The van der Waals surface area contributed by atoms with Crippen molar-refractivity contribution in [2.45, 2.75) is 12.6 Å². The largest absolute Gasteiger partial charge is 0.485 e. The van der Waals surface area contributed by atoms with E-state index < -0.39 is 12.1 Å². The van der Waals surface area contributed by atoms with Gasteiger partial charge < -0.3 is 18.9 Å². The van der Waals surface area contributed by atoms with Gasteiger partial charge >= 0.3 is 12.1 Å². The second-order valence-corrected chi connectivity index (χ2v) is 5.83. The van der Waals surface area contributed by atoms with Gasteiger partial charge in [0.15, 0.2) is 17.3 Å². The lowest BCUT2D eigenvalue weighted by Gasteiger charge is -2.19. The van der Waals surface area contributed by atoms with Crippen LogP contribution in [0.5, 0.6) is 11.5 Å². The summed E-state index contributed by atoms with van der Waals surface area (Å²) in [5.41, 5.74) is 0. The number of aromatic nitrogens is 2. The Hall–Kier alpha value is -2.30. The van der Waals surface area contributed by atoms with E-state index in [9.17, 15) is 18.0 Å². The molecule has 0 unspecified atom stereocenters. The molecule has 0 saturated carbocycles. The molecule has 130 valence electrons. The van der Waals surface area contributed by atoms with Crippen LogP contribution in [0.3, 0.4) is 0 Å². The summed E-state index contributed by atoms with van der Waals surface area (Å²) in [6.45, 7) is 0.909. The van der Waals surface area contributed by atoms with E-state index in [0.29, 0.717) is 29.6 Å². The molecule has 0 aliphatic carbocycles. The van der Waals surface area contributed by atoms with Crippen LogP contribution >= 0.6 is 11.3 Å². The lowest BCUT2D eigenvalue weighted by Crippen LogP contribution is -2.29. The number of thiophene rings is 1. The normalized spacial score (nSPS) is 13.8. The number of alkyl halides is 3. The highest BCUT2D eigenvalue weighted by Gasteiger charge is 2.38. The second kappa shape index (κ2) is 6.30. The van der Waals surface area contributed by atoms with Gasteiger partial charge in [-0.05, 0) is 0 Å². The van der Waals surface area contributed by atoms with Crippen molar-refractivity contribution < 1.29 is 32.0 Å². The van der Waals surface area contributed by atoms with Crippen LogP contribution in [0.4, 0.5) is 13.2 Å². The first-order chi connectivity index (χ1) is 11.4. The molecule has 0 spiro atoms. The molecule has 1 amide bonds. The molecule has 1 aliphatic heterocycles. The molecule has 0 bridgehead atoms. The van der Waals surface area contributed by atoms with Gasteiger partial charge in [0.2, 0.25) is 0 Å². The molecule has 11 heteroatoms. The average Bonchev–Trinajstić information content (AvgIpc) is 3.18. The summed E-state index contributed by atoms with van der Waals surface area (Å²) in [5, 5.41) is 4.95. The molecular weight excluding hydrogens is 351 g/mol. The van der Waals surface area contributed by atoms with E-state index in [1.54, 1.807) is 5.38 Å². The number of rotatable bonds is 4. The fourth-order valence-electron chi connectivity index (χ4n) is 2.02. The molecule has 0 aromatic carbocycles. The fraction of sp³-hybridized carbons (Fsp3) is 0.462. The van der Waals surface area contributed by atoms with E-state index in [0.717, 1.165) is 0 Å². The minimum absolute atomic E-state index is 0.0345. The molecular formula is C13H12F3N3O4S. The molecule has 2 aromatic heterocycles. The lowest BCUT2D eigenvalue weighted by molar-refractivity contribution is -0.159. The zero-order valence-electron chi connectivity index (χ0n) is 12.4. The molecule has 3 rings (SSSR count). The Morgan fingerprint density at radius 1 is 1.38 bits per heavy atom. The fourth-order valence-corrected chi connectivity index (χ4v) is 2.95. The Morgan fingerprint density at radius 3 is 2.83 bits per heavy atom. The molecule has 0 radical (unpaired) electrons. The maximum Gasteiger partial charge on any atom is 0.471 e. The van der Waals surface area contributed by atoms with Gasteiger partial charge in [-0.1, -0.05) is 5.16 Å². The van der Waals surface area contributed by atoms with Crippen LogP contribution < -0.4 is 9.47 Å². The molecule has 2 aromatic rings. The molecule has 1 aliphatic rings. The first-order valence-corrected chi connectivity index (χ1v) is 7.76. The summed E-state index contributed by atoms with van der Waals surface area (Å²) in [6, 6.07) is 0. The summed E-state index contributed by atoms with van der Waals surface area (Å²) in [6.07, 6.45) is -4.65. The zero-order chi connectivity index (χ0) is 17.3. The minimum atomic E-state index is -4.68. The third kappa shape index (κ3) is 3.30. The van der Waals surface area contributed by atoms with E-state index in [1.807, 2.05) is 0 Å². The van der Waals surface area contributed by atoms with Gasteiger partial charge in [0, 0.05) is 25.4 Å². The quantitative estimate of drug-likeness (QED) is 0.829. The Balaban J connectivity index is 1.63. The van der Waals surface area contributed by atoms with Gasteiger partial charge in [-0.3, -0.25) is 4.79 Å². The summed E-state index contributed by atoms with van der Waals surface area (Å²) >= 11 is 1.19. The number of hydrogen-bond donors (Lipinski definition) is 0. The summed E-state index contributed by atoms with van der Waals surface area (Å²) in [5.74, 6) is -0.900. The SMILES string of the molecule is CN(CCc1noc(C(F)(F)F)n1)C(=O)c1scc2c1OCCO2. The molecule has 0 fully saturated rings. The number of carbonyl (C=O) groups is 1. The minimum Gasteiger partial charge on any atom is -0.485 e. The summed E-state index contributed by atoms with van der Waals surface area (Å²) < 4.78 is 52.1. The van der Waals surface area contributed by atoms with E-state index >= 15 is 0 Å². The van der Waals surface area contributed by atoms with Crippen molar-refractivity contribution in [3.05, 3.63) is 22.0 Å². The first kappa shape index (κ1) is 16.6. The van der Waals surface area contributed by atoms with Crippen LogP contribution in [-0.2, 0) is 12.6 Å². The number of nitrogens with zero attached hydrogens (tertiary/aromatic N) is 3. The van der Waals surface area contributed by atoms with Gasteiger partial charge in [0.05, 0.1) is 0 Å². The molecule has 0 atom stereocenters. The molecule has 3 heterocycles. The van der Waals surface area contributed by atoms with Crippen LogP contribution in [0.1, 0.15) is 21.4 Å². The number of carbonyl (C=O) groups excluding carboxylic acids is 1. The van der Waals surface area contributed by atoms with Gasteiger partial charge in [0.25, 0.3) is 5.91 Å². The highest BCUT2D eigenvalue weighted by molar-refractivity contribution is 7.12. The maximum absolute atomic E-state index is 12.4. The van der Waals surface area contributed by atoms with Crippen LogP contribution in [0.15, 0.2) is 9.90 Å². The Labute approximate surface area is 138 Å². The van der Waals surface area contributed by atoms with Crippen molar-refractivity contribution in [3.8, 4) is 11.5 Å². The number of likely N-dealkylation sites (N-methyl/N-ethyl adjacent to an activating group) is 1. The smallest absolute Gasteiger partial charge is 0.471 e. The van der Waals surface area contributed by atoms with Crippen molar-refractivity contribution in [1.29, 1.82) is 0 Å². The number of hydrogen-bond acceptors (Lipinski definition) is 7. The van der Waals surface area contributed by atoms with E-state index in [2.05, 4.69) is 14.7 Å². The van der Waals surface area contributed by atoms with E-state index in [-0.39, 0.29) is 24.7 Å². The van der Waals surface area contributed by atoms with Crippen molar-refractivity contribution >= 4 is 17.2 Å². The summed E-state index contributed by atoms with van der Waals surface area (Å²) in [7, 11) is 1.53. The number of fused-ring (bicyclic) bond motifs is 1. The van der Waals surface area contributed by atoms with Crippen molar-refractivity contribution in [2.75, 3.05) is 26.8 Å². The van der Waals surface area contributed by atoms with Gasteiger partial charge in [-0.15, -0.1) is 11.3 Å². The van der Waals surface area contributed by atoms with Crippen LogP contribution in [-0.4, -0.2) is 47.8 Å². The van der Waals surface area contributed by atoms with Crippen molar-refractivity contribution in [2.24, 2.45) is 0 Å². The van der Waals surface area contributed by atoms with Crippen LogP contribution in [0.2, 0.25) is 0 Å². The Morgan fingerprint density at radius 2 is 2.12 bits per heavy atom. The highest BCUT2D eigenvalue weighted by Crippen LogP contribution is 2.39. The average molecular weight is 363 g/mol. The molecule has 0 saturated heterocycles. The van der Waals surface area contributed by atoms with E-state index in [4.69, 9.17) is 9.47 Å². The van der Waals surface area contributed by atoms with Crippen LogP contribution in [0.25, 0.3) is 0 Å². The highest BCUT2D eigenvalue weighted by atomic mass is 32.1. The predicted molar refractivity (Wildman–Crippen MR) is 75.3 cm³/mol. The predicted octanol–water partition coefficient (Wildman–Crippen LogP) is 2.24. The van der Waals surface area contributed by atoms with Crippen LogP contribution in [0, 0.1) is 0 Å². The number of amides is 1. The zero-order valence-corrected chi connectivity index (χ0v) is 13.2. The molecule has 7 nitrogen and oxygen atoms in total. The van der Waals surface area contributed by atoms with Crippen molar-refractivity contribution in [3.63, 3.8) is 0 Å². The Bertz CT molecular complexity index is 743. The molecule has 24 heavy (non-hydrogen) atoms. The number of halogens is 3. The monoisotopic (exact) mass is 363 g/mol. The number of ether oxygens (including phenoxy) is 2. The maximum atomic E-state index is 12.4. The lowest BCUT2D eigenvalue weighted by atomic mass is 10.3. The van der Waals surface area contributed by atoms with Crippen molar-refractivity contribution in [1.82, 2.24) is 15.0 Å².